The second-order valence-corrected chi connectivity index (χ2v) is 5.58. The number of piperidine rings is 1. The van der Waals surface area contributed by atoms with E-state index in [-0.39, 0.29) is 18.4 Å². The summed E-state index contributed by atoms with van der Waals surface area (Å²) < 4.78 is 5.51. The van der Waals surface area contributed by atoms with Gasteiger partial charge in [-0.25, -0.2) is 0 Å². The summed E-state index contributed by atoms with van der Waals surface area (Å²) in [6, 6.07) is 7.66. The molecule has 21 heavy (non-hydrogen) atoms. The first-order valence-electron chi connectivity index (χ1n) is 7.60. The van der Waals surface area contributed by atoms with Gasteiger partial charge in [0.15, 0.2) is 6.61 Å². The molecule has 0 saturated carbocycles. The minimum atomic E-state index is -0.00188. The Bertz CT molecular complexity index is 487. The predicted octanol–water partition coefficient (Wildman–Crippen LogP) is 2.59. The van der Waals surface area contributed by atoms with E-state index in [0.717, 1.165) is 18.4 Å². The lowest BCUT2D eigenvalue weighted by molar-refractivity contribution is -0.136. The number of Topliss-reactive ketones (excluding diaryl/α,β-unsaturated/α-hetero) is 1. The summed E-state index contributed by atoms with van der Waals surface area (Å²) in [5.74, 6) is 1.16. The van der Waals surface area contributed by atoms with Gasteiger partial charge in [-0.2, -0.15) is 0 Å². The molecule has 1 aliphatic rings. The maximum absolute atomic E-state index is 12.1. The van der Waals surface area contributed by atoms with Crippen LogP contribution < -0.4 is 4.74 Å². The summed E-state index contributed by atoms with van der Waals surface area (Å²) in [5.41, 5.74) is 1.16. The Morgan fingerprint density at radius 2 is 1.81 bits per heavy atom. The topological polar surface area (TPSA) is 46.6 Å². The number of carbonyl (C=O) groups excluding carboxylic acids is 2. The molecule has 4 nitrogen and oxygen atoms in total. The summed E-state index contributed by atoms with van der Waals surface area (Å²) in [6.07, 6.45) is 2.15. The van der Waals surface area contributed by atoms with Crippen molar-refractivity contribution in [3.05, 3.63) is 29.8 Å². The average molecular weight is 289 g/mol. The van der Waals surface area contributed by atoms with E-state index in [0.29, 0.717) is 31.0 Å². The number of ether oxygens (including phenoxy) is 1. The molecule has 4 heteroatoms. The molecule has 0 spiro atoms. The first kappa shape index (κ1) is 15.5. The molecule has 1 heterocycles. The highest BCUT2D eigenvalue weighted by atomic mass is 16.5. The van der Waals surface area contributed by atoms with Gasteiger partial charge in [0.2, 0.25) is 0 Å². The van der Waals surface area contributed by atoms with Gasteiger partial charge in [0.25, 0.3) is 5.91 Å². The lowest BCUT2D eigenvalue weighted by Crippen LogP contribution is -2.42. The second-order valence-electron chi connectivity index (χ2n) is 5.58. The summed E-state index contributed by atoms with van der Waals surface area (Å²) >= 11 is 0. The van der Waals surface area contributed by atoms with Crippen LogP contribution in [-0.2, 0) is 9.59 Å². The van der Waals surface area contributed by atoms with Gasteiger partial charge in [-0.15, -0.1) is 0 Å². The van der Waals surface area contributed by atoms with Gasteiger partial charge in [0.1, 0.15) is 11.5 Å². The van der Waals surface area contributed by atoms with Crippen molar-refractivity contribution in [3.8, 4) is 5.75 Å². The minimum absolute atomic E-state index is 0.00188. The van der Waals surface area contributed by atoms with Crippen molar-refractivity contribution in [1.29, 1.82) is 0 Å². The number of aryl methyl sites for hydroxylation is 1. The van der Waals surface area contributed by atoms with Gasteiger partial charge >= 0.3 is 0 Å². The third-order valence-corrected chi connectivity index (χ3v) is 4.03. The van der Waals surface area contributed by atoms with Crippen LogP contribution in [0.5, 0.6) is 5.75 Å². The molecule has 1 saturated heterocycles. The monoisotopic (exact) mass is 289 g/mol. The molecule has 2 rings (SSSR count). The van der Waals surface area contributed by atoms with Crippen LogP contribution in [0.3, 0.4) is 0 Å². The molecule has 0 aliphatic carbocycles. The number of nitrogens with zero attached hydrogens (tertiary/aromatic N) is 1. The summed E-state index contributed by atoms with van der Waals surface area (Å²) in [7, 11) is 0. The highest BCUT2D eigenvalue weighted by Gasteiger charge is 2.26. The number of benzene rings is 1. The van der Waals surface area contributed by atoms with E-state index >= 15 is 0 Å². The van der Waals surface area contributed by atoms with Crippen molar-refractivity contribution < 1.29 is 14.3 Å². The van der Waals surface area contributed by atoms with Gasteiger partial charge in [-0.1, -0.05) is 24.6 Å². The maximum Gasteiger partial charge on any atom is 0.260 e. The van der Waals surface area contributed by atoms with Crippen LogP contribution >= 0.6 is 0 Å². The van der Waals surface area contributed by atoms with Crippen LogP contribution in [0.4, 0.5) is 0 Å². The number of hydrogen-bond donors (Lipinski definition) is 0. The van der Waals surface area contributed by atoms with Crippen molar-refractivity contribution in [1.82, 2.24) is 4.90 Å². The van der Waals surface area contributed by atoms with E-state index in [2.05, 4.69) is 0 Å². The van der Waals surface area contributed by atoms with Gasteiger partial charge in [0, 0.05) is 25.4 Å². The number of ketones is 1. The molecule has 114 valence electrons. The van der Waals surface area contributed by atoms with E-state index in [1.165, 1.54) is 0 Å². The lowest BCUT2D eigenvalue weighted by Gasteiger charge is -2.31. The molecule has 0 N–H and O–H groups in total. The molecule has 0 aromatic heterocycles. The fourth-order valence-electron chi connectivity index (χ4n) is 2.61. The lowest BCUT2D eigenvalue weighted by atomic mass is 9.91. The molecule has 0 radical (unpaired) electrons. The van der Waals surface area contributed by atoms with Gasteiger partial charge < -0.3 is 9.64 Å². The van der Waals surface area contributed by atoms with Crippen molar-refractivity contribution in [2.75, 3.05) is 19.7 Å². The highest BCUT2D eigenvalue weighted by Crippen LogP contribution is 2.19. The molecule has 1 aromatic rings. The Morgan fingerprint density at radius 1 is 1.19 bits per heavy atom. The van der Waals surface area contributed by atoms with Gasteiger partial charge in [-0.05, 0) is 31.9 Å². The zero-order valence-electron chi connectivity index (χ0n) is 12.8. The van der Waals surface area contributed by atoms with Crippen LogP contribution in [-0.4, -0.2) is 36.3 Å². The first-order chi connectivity index (χ1) is 10.1. The van der Waals surface area contributed by atoms with E-state index in [1.54, 1.807) is 4.90 Å². The number of amides is 1. The van der Waals surface area contributed by atoms with Crippen LogP contribution in [0.25, 0.3) is 0 Å². The Balaban J connectivity index is 1.77. The van der Waals surface area contributed by atoms with E-state index in [4.69, 9.17) is 4.74 Å². The maximum atomic E-state index is 12.1. The Hall–Kier alpha value is -1.84. The van der Waals surface area contributed by atoms with Crippen LogP contribution in [0.2, 0.25) is 0 Å². The van der Waals surface area contributed by atoms with Crippen LogP contribution in [0.15, 0.2) is 24.3 Å². The quantitative estimate of drug-likeness (QED) is 0.837. The number of hydrogen-bond acceptors (Lipinski definition) is 3. The SMILES string of the molecule is CCC(=O)C1CCN(C(=O)COc2ccc(C)cc2)CC1. The smallest absolute Gasteiger partial charge is 0.260 e. The predicted molar refractivity (Wildman–Crippen MR) is 81.3 cm³/mol. The van der Waals surface area contributed by atoms with Crippen LogP contribution in [0, 0.1) is 12.8 Å². The largest absolute Gasteiger partial charge is 0.484 e. The molecule has 0 bridgehead atoms. The van der Waals surface area contributed by atoms with E-state index in [1.807, 2.05) is 38.1 Å². The molecular formula is C17H23NO3. The minimum Gasteiger partial charge on any atom is -0.484 e. The number of likely N-dealkylation sites (tertiary alicyclic amines) is 1. The molecular weight excluding hydrogens is 266 g/mol. The molecule has 0 unspecified atom stereocenters. The van der Waals surface area contributed by atoms with Crippen LogP contribution in [0.1, 0.15) is 31.7 Å². The third-order valence-electron chi connectivity index (χ3n) is 4.03. The zero-order chi connectivity index (χ0) is 15.2. The average Bonchev–Trinajstić information content (AvgIpc) is 2.53. The summed E-state index contributed by atoms with van der Waals surface area (Å²) in [4.78, 5) is 25.6. The van der Waals surface area contributed by atoms with Crippen molar-refractivity contribution in [2.24, 2.45) is 5.92 Å². The molecule has 1 aromatic carbocycles. The standard InChI is InChI=1S/C17H23NO3/c1-3-16(19)14-8-10-18(11-9-14)17(20)12-21-15-6-4-13(2)5-7-15/h4-7,14H,3,8-12H2,1-2H3. The van der Waals surface area contributed by atoms with Gasteiger partial charge in [0.05, 0.1) is 0 Å². The molecule has 1 fully saturated rings. The third kappa shape index (κ3) is 4.31. The molecule has 1 aliphatic heterocycles. The summed E-state index contributed by atoms with van der Waals surface area (Å²) in [5, 5.41) is 0. The first-order valence-corrected chi connectivity index (χ1v) is 7.60. The number of rotatable bonds is 5. The zero-order valence-corrected chi connectivity index (χ0v) is 12.8. The fourth-order valence-corrected chi connectivity index (χ4v) is 2.61. The Morgan fingerprint density at radius 3 is 2.38 bits per heavy atom. The van der Waals surface area contributed by atoms with Crippen molar-refractivity contribution in [3.63, 3.8) is 0 Å². The van der Waals surface area contributed by atoms with Gasteiger partial charge in [-0.3, -0.25) is 9.59 Å². The fraction of sp³-hybridized carbons (Fsp3) is 0.529. The Kier molecular flexibility index (Phi) is 5.37. The summed E-state index contributed by atoms with van der Waals surface area (Å²) in [6.45, 7) is 5.29. The molecule has 0 atom stereocenters. The van der Waals surface area contributed by atoms with E-state index < -0.39 is 0 Å². The normalized spacial score (nSPS) is 15.8. The Labute approximate surface area is 126 Å². The molecule has 1 amide bonds. The second kappa shape index (κ2) is 7.25. The van der Waals surface area contributed by atoms with Crippen molar-refractivity contribution in [2.45, 2.75) is 33.1 Å². The van der Waals surface area contributed by atoms with E-state index in [9.17, 15) is 9.59 Å². The highest BCUT2D eigenvalue weighted by molar-refractivity contribution is 5.82. The van der Waals surface area contributed by atoms with Crippen molar-refractivity contribution >= 4 is 11.7 Å². The number of carbonyl (C=O) groups is 2.